The van der Waals surface area contributed by atoms with Crippen molar-refractivity contribution in [3.8, 4) is 0 Å². The minimum atomic E-state index is -4.85. The van der Waals surface area contributed by atoms with Crippen LogP contribution < -0.4 is 10.6 Å². The molecule has 1 aromatic carbocycles. The molecule has 1 saturated heterocycles. The summed E-state index contributed by atoms with van der Waals surface area (Å²) in [5.41, 5.74) is -1.63. The highest BCUT2D eigenvalue weighted by Crippen LogP contribution is 2.33. The first-order valence-electron chi connectivity index (χ1n) is 6.32. The van der Waals surface area contributed by atoms with Crippen molar-refractivity contribution in [3.63, 3.8) is 0 Å². The lowest BCUT2D eigenvalue weighted by molar-refractivity contribution is -0.140. The largest absolute Gasteiger partial charge is 0.419 e. The highest BCUT2D eigenvalue weighted by atomic mass is 32.2. The van der Waals surface area contributed by atoms with Crippen LogP contribution in [0.5, 0.6) is 0 Å². The van der Waals surface area contributed by atoms with Crippen LogP contribution in [-0.2, 0) is 15.8 Å². The third-order valence-electron chi connectivity index (χ3n) is 2.95. The van der Waals surface area contributed by atoms with Gasteiger partial charge < -0.3 is 10.6 Å². The molecule has 1 unspecified atom stereocenters. The number of carbonyl (C=O) groups excluding carboxylic acids is 2. The maximum Gasteiger partial charge on any atom is 0.419 e. The molecule has 9 heteroatoms. The van der Waals surface area contributed by atoms with Gasteiger partial charge in [0, 0.05) is 23.6 Å². The fourth-order valence-electron chi connectivity index (χ4n) is 1.87. The van der Waals surface area contributed by atoms with Crippen LogP contribution in [-0.4, -0.2) is 29.4 Å². The number of carbonyl (C=O) groups is 2. The normalized spacial score (nSPS) is 19.3. The number of thioether (sulfide) groups is 1. The van der Waals surface area contributed by atoms with Crippen LogP contribution in [0.15, 0.2) is 18.2 Å². The van der Waals surface area contributed by atoms with Gasteiger partial charge in [0.2, 0.25) is 11.8 Å². The van der Waals surface area contributed by atoms with Crippen LogP contribution >= 0.6 is 11.8 Å². The van der Waals surface area contributed by atoms with Crippen molar-refractivity contribution in [2.75, 3.05) is 16.8 Å². The molecule has 0 spiro atoms. The zero-order chi connectivity index (χ0) is 16.3. The number of halogens is 4. The van der Waals surface area contributed by atoms with E-state index in [9.17, 15) is 27.2 Å². The second kappa shape index (κ2) is 6.55. The predicted octanol–water partition coefficient (Wildman–Crippen LogP) is 2.40. The van der Waals surface area contributed by atoms with Crippen molar-refractivity contribution in [1.82, 2.24) is 5.32 Å². The van der Waals surface area contributed by atoms with Crippen molar-refractivity contribution in [3.05, 3.63) is 29.6 Å². The zero-order valence-electron chi connectivity index (χ0n) is 11.2. The second-order valence-electron chi connectivity index (χ2n) is 4.63. The third kappa shape index (κ3) is 4.12. The van der Waals surface area contributed by atoms with Crippen molar-refractivity contribution in [2.24, 2.45) is 0 Å². The summed E-state index contributed by atoms with van der Waals surface area (Å²) in [6.45, 7) is 0. The first-order valence-corrected chi connectivity index (χ1v) is 7.47. The molecule has 0 saturated carbocycles. The monoisotopic (exact) mass is 336 g/mol. The summed E-state index contributed by atoms with van der Waals surface area (Å²) in [6, 6.07) is 1.37. The van der Waals surface area contributed by atoms with E-state index in [1.54, 1.807) is 0 Å². The van der Waals surface area contributed by atoms with Crippen LogP contribution in [0.4, 0.5) is 23.2 Å². The molecule has 1 aromatic rings. The highest BCUT2D eigenvalue weighted by molar-refractivity contribution is 7.99. The van der Waals surface area contributed by atoms with Gasteiger partial charge in [-0.05, 0) is 18.2 Å². The summed E-state index contributed by atoms with van der Waals surface area (Å²) < 4.78 is 51.0. The molecule has 0 bridgehead atoms. The zero-order valence-corrected chi connectivity index (χ0v) is 12.0. The van der Waals surface area contributed by atoms with Gasteiger partial charge in [-0.3, -0.25) is 9.59 Å². The maximum atomic E-state index is 13.2. The lowest BCUT2D eigenvalue weighted by Crippen LogP contribution is -2.44. The van der Waals surface area contributed by atoms with Gasteiger partial charge in [-0.25, -0.2) is 4.39 Å². The fourth-order valence-corrected chi connectivity index (χ4v) is 2.83. The summed E-state index contributed by atoms with van der Waals surface area (Å²) in [4.78, 5) is 23.4. The Kier molecular flexibility index (Phi) is 4.94. The number of alkyl halides is 3. The van der Waals surface area contributed by atoms with Crippen LogP contribution in [0.2, 0.25) is 0 Å². The summed E-state index contributed by atoms with van der Waals surface area (Å²) in [5.74, 6) is -1.44. The van der Waals surface area contributed by atoms with E-state index < -0.39 is 29.5 Å². The van der Waals surface area contributed by atoms with E-state index in [2.05, 4.69) is 10.6 Å². The fraction of sp³-hybridized carbons (Fsp3) is 0.385. The predicted molar refractivity (Wildman–Crippen MR) is 73.9 cm³/mol. The number of anilines is 1. The van der Waals surface area contributed by atoms with Gasteiger partial charge in [0.25, 0.3) is 0 Å². The Bertz CT molecular complexity index is 592. The standard InChI is InChI=1S/C13H12F4N2O2S/c14-9-2-1-7(5-8(9)13(15,16)17)18-12(21)10-6-22-4-3-11(20)19-10/h1-2,5,10H,3-4,6H2,(H,18,21)(H,19,20). The minimum absolute atomic E-state index is 0.178. The lowest BCUT2D eigenvalue weighted by Gasteiger charge is -2.16. The smallest absolute Gasteiger partial charge is 0.343 e. The van der Waals surface area contributed by atoms with Gasteiger partial charge in [0.15, 0.2) is 0 Å². The Morgan fingerprint density at radius 1 is 1.36 bits per heavy atom. The van der Waals surface area contributed by atoms with E-state index in [1.165, 1.54) is 11.8 Å². The van der Waals surface area contributed by atoms with E-state index in [4.69, 9.17) is 0 Å². The topological polar surface area (TPSA) is 58.2 Å². The average molecular weight is 336 g/mol. The molecule has 1 aliphatic heterocycles. The van der Waals surface area contributed by atoms with E-state index in [-0.39, 0.29) is 18.0 Å². The molecule has 1 atom stereocenters. The van der Waals surface area contributed by atoms with Crippen molar-refractivity contribution in [1.29, 1.82) is 0 Å². The van der Waals surface area contributed by atoms with Gasteiger partial charge in [-0.2, -0.15) is 24.9 Å². The van der Waals surface area contributed by atoms with Crippen LogP contribution in [0.3, 0.4) is 0 Å². The molecule has 2 rings (SSSR count). The average Bonchev–Trinajstić information content (AvgIpc) is 2.64. The minimum Gasteiger partial charge on any atom is -0.343 e. The quantitative estimate of drug-likeness (QED) is 0.816. The number of amides is 2. The molecule has 2 N–H and O–H groups in total. The molecule has 4 nitrogen and oxygen atoms in total. The highest BCUT2D eigenvalue weighted by Gasteiger charge is 2.34. The van der Waals surface area contributed by atoms with Crippen molar-refractivity contribution >= 4 is 29.3 Å². The molecule has 1 aliphatic rings. The number of rotatable bonds is 2. The summed E-state index contributed by atoms with van der Waals surface area (Å²) in [6.07, 6.45) is -4.57. The molecule has 0 aromatic heterocycles. The Morgan fingerprint density at radius 2 is 2.09 bits per heavy atom. The van der Waals surface area contributed by atoms with Gasteiger partial charge in [-0.1, -0.05) is 0 Å². The summed E-state index contributed by atoms with van der Waals surface area (Å²) >= 11 is 1.39. The van der Waals surface area contributed by atoms with Gasteiger partial charge >= 0.3 is 6.18 Å². The Balaban J connectivity index is 2.13. The molecule has 120 valence electrons. The third-order valence-corrected chi connectivity index (χ3v) is 4.01. The van der Waals surface area contributed by atoms with E-state index in [0.717, 1.165) is 6.07 Å². The molecule has 0 aliphatic carbocycles. The lowest BCUT2D eigenvalue weighted by atomic mass is 10.1. The number of hydrogen-bond acceptors (Lipinski definition) is 3. The summed E-state index contributed by atoms with van der Waals surface area (Å²) in [7, 11) is 0. The molecular weight excluding hydrogens is 324 g/mol. The molecular formula is C13H12F4N2O2S. The van der Waals surface area contributed by atoms with Crippen LogP contribution in [0.25, 0.3) is 0 Å². The van der Waals surface area contributed by atoms with Crippen LogP contribution in [0.1, 0.15) is 12.0 Å². The summed E-state index contributed by atoms with van der Waals surface area (Å²) in [5, 5.41) is 4.75. The van der Waals surface area contributed by atoms with E-state index in [0.29, 0.717) is 23.6 Å². The molecule has 1 heterocycles. The number of nitrogens with one attached hydrogen (secondary N) is 2. The van der Waals surface area contributed by atoms with Gasteiger partial charge in [-0.15, -0.1) is 0 Å². The Hall–Kier alpha value is -1.77. The molecule has 2 amide bonds. The maximum absolute atomic E-state index is 13.2. The van der Waals surface area contributed by atoms with Crippen molar-refractivity contribution in [2.45, 2.75) is 18.6 Å². The van der Waals surface area contributed by atoms with E-state index >= 15 is 0 Å². The Labute approximate surface area is 127 Å². The van der Waals surface area contributed by atoms with Crippen molar-refractivity contribution < 1.29 is 27.2 Å². The SMILES string of the molecule is O=C1CCSCC(C(=O)Nc2ccc(F)c(C(F)(F)F)c2)N1. The van der Waals surface area contributed by atoms with Crippen LogP contribution in [0, 0.1) is 5.82 Å². The van der Waals surface area contributed by atoms with Gasteiger partial charge in [0.05, 0.1) is 5.56 Å². The van der Waals surface area contributed by atoms with E-state index in [1.807, 2.05) is 0 Å². The molecule has 22 heavy (non-hydrogen) atoms. The Morgan fingerprint density at radius 3 is 2.77 bits per heavy atom. The van der Waals surface area contributed by atoms with Gasteiger partial charge in [0.1, 0.15) is 11.9 Å². The first kappa shape index (κ1) is 16.6. The first-order chi connectivity index (χ1) is 10.3. The molecule has 0 radical (unpaired) electrons. The number of hydrogen-bond donors (Lipinski definition) is 2. The molecule has 1 fully saturated rings. The number of benzene rings is 1. The second-order valence-corrected chi connectivity index (χ2v) is 5.78.